The zero-order chi connectivity index (χ0) is 11.0. The molecule has 1 fully saturated rings. The molecule has 2 heterocycles. The number of nitrogens with zero attached hydrogens (tertiary/aromatic N) is 2. The molecule has 0 aliphatic heterocycles. The van der Waals surface area contributed by atoms with Gasteiger partial charge in [0.2, 0.25) is 0 Å². The van der Waals surface area contributed by atoms with Crippen LogP contribution in [0.4, 0.5) is 5.82 Å². The average Bonchev–Trinajstić information content (AvgIpc) is 2.97. The van der Waals surface area contributed by atoms with Gasteiger partial charge in [0.05, 0.1) is 11.7 Å². The zero-order valence-electron chi connectivity index (χ0n) is 9.10. The van der Waals surface area contributed by atoms with Gasteiger partial charge in [-0.1, -0.05) is 12.8 Å². The van der Waals surface area contributed by atoms with Crippen molar-refractivity contribution in [2.24, 2.45) is 0 Å². The Hall–Kier alpha value is -1.29. The first-order valence-corrected chi connectivity index (χ1v) is 6.66. The third kappa shape index (κ3) is 1.63. The maximum atomic E-state index is 6.03. The molecular formula is C12H15N3S. The summed E-state index contributed by atoms with van der Waals surface area (Å²) in [4.78, 5) is 0. The largest absolute Gasteiger partial charge is 0.384 e. The summed E-state index contributed by atoms with van der Waals surface area (Å²) in [5, 5.41) is 8.81. The molecule has 0 aromatic carbocycles. The fourth-order valence-electron chi connectivity index (χ4n) is 2.40. The molecule has 0 atom stereocenters. The topological polar surface area (TPSA) is 43.8 Å². The fraction of sp³-hybridized carbons (Fsp3) is 0.417. The Morgan fingerprint density at radius 2 is 2.19 bits per heavy atom. The van der Waals surface area contributed by atoms with Crippen molar-refractivity contribution in [1.82, 2.24) is 9.78 Å². The van der Waals surface area contributed by atoms with Crippen molar-refractivity contribution in [3.63, 3.8) is 0 Å². The van der Waals surface area contributed by atoms with Crippen molar-refractivity contribution in [1.29, 1.82) is 0 Å². The highest BCUT2D eigenvalue weighted by molar-refractivity contribution is 7.08. The van der Waals surface area contributed by atoms with E-state index in [4.69, 9.17) is 5.73 Å². The molecular weight excluding hydrogens is 218 g/mol. The lowest BCUT2D eigenvalue weighted by molar-refractivity contribution is 0.475. The van der Waals surface area contributed by atoms with Crippen molar-refractivity contribution in [2.75, 3.05) is 5.73 Å². The van der Waals surface area contributed by atoms with Crippen LogP contribution in [0.1, 0.15) is 31.7 Å². The van der Waals surface area contributed by atoms with Crippen molar-refractivity contribution < 1.29 is 0 Å². The van der Waals surface area contributed by atoms with Crippen LogP contribution in [0, 0.1) is 0 Å². The Kier molecular flexibility index (Phi) is 2.44. The summed E-state index contributed by atoms with van der Waals surface area (Å²) in [6, 6.07) is 4.60. The van der Waals surface area contributed by atoms with Crippen LogP contribution in [0.5, 0.6) is 0 Å². The number of hydrogen-bond donors (Lipinski definition) is 1. The first-order valence-electron chi connectivity index (χ1n) is 5.72. The van der Waals surface area contributed by atoms with E-state index in [0.29, 0.717) is 6.04 Å². The van der Waals surface area contributed by atoms with Crippen LogP contribution in [0.3, 0.4) is 0 Å². The van der Waals surface area contributed by atoms with Crippen LogP contribution in [0.25, 0.3) is 11.3 Å². The standard InChI is InChI=1S/C12H15N3S/c13-12-7-11(9-5-6-16-8-9)14-15(12)10-3-1-2-4-10/h5-8,10H,1-4,13H2. The zero-order valence-corrected chi connectivity index (χ0v) is 9.91. The minimum atomic E-state index is 0.521. The van der Waals surface area contributed by atoms with E-state index < -0.39 is 0 Å². The minimum Gasteiger partial charge on any atom is -0.384 e. The maximum Gasteiger partial charge on any atom is 0.122 e. The number of thiophene rings is 1. The number of anilines is 1. The van der Waals surface area contributed by atoms with Gasteiger partial charge in [-0.05, 0) is 24.3 Å². The lowest BCUT2D eigenvalue weighted by Crippen LogP contribution is -2.09. The van der Waals surface area contributed by atoms with Gasteiger partial charge in [-0.2, -0.15) is 16.4 Å². The molecule has 4 heteroatoms. The van der Waals surface area contributed by atoms with E-state index in [2.05, 4.69) is 21.9 Å². The lowest BCUT2D eigenvalue weighted by Gasteiger charge is -2.10. The third-order valence-electron chi connectivity index (χ3n) is 3.25. The van der Waals surface area contributed by atoms with Gasteiger partial charge in [0.1, 0.15) is 5.82 Å². The van der Waals surface area contributed by atoms with Gasteiger partial charge in [-0.15, -0.1) is 0 Å². The van der Waals surface area contributed by atoms with Crippen LogP contribution < -0.4 is 5.73 Å². The van der Waals surface area contributed by atoms with Crippen molar-refractivity contribution in [2.45, 2.75) is 31.7 Å². The second kappa shape index (κ2) is 3.94. The van der Waals surface area contributed by atoms with E-state index in [1.807, 2.05) is 10.7 Å². The number of rotatable bonds is 2. The highest BCUT2D eigenvalue weighted by atomic mass is 32.1. The van der Waals surface area contributed by atoms with Crippen molar-refractivity contribution >= 4 is 17.2 Å². The second-order valence-corrected chi connectivity index (χ2v) is 5.13. The molecule has 2 aromatic heterocycles. The van der Waals surface area contributed by atoms with E-state index in [9.17, 15) is 0 Å². The molecule has 84 valence electrons. The molecule has 3 nitrogen and oxygen atoms in total. The van der Waals surface area contributed by atoms with Gasteiger partial charge in [-0.3, -0.25) is 0 Å². The molecule has 0 amide bonds. The summed E-state index contributed by atoms with van der Waals surface area (Å²) >= 11 is 1.69. The van der Waals surface area contributed by atoms with Crippen LogP contribution in [-0.4, -0.2) is 9.78 Å². The van der Waals surface area contributed by atoms with E-state index in [-0.39, 0.29) is 0 Å². The Morgan fingerprint density at radius 1 is 1.38 bits per heavy atom. The van der Waals surface area contributed by atoms with Gasteiger partial charge in [0.25, 0.3) is 0 Å². The van der Waals surface area contributed by atoms with E-state index >= 15 is 0 Å². The Bertz CT molecular complexity index is 466. The second-order valence-electron chi connectivity index (χ2n) is 4.35. The Labute approximate surface area is 98.9 Å². The smallest absolute Gasteiger partial charge is 0.122 e. The molecule has 0 radical (unpaired) electrons. The van der Waals surface area contributed by atoms with Crippen molar-refractivity contribution in [3.05, 3.63) is 22.9 Å². The molecule has 1 aliphatic rings. The van der Waals surface area contributed by atoms with E-state index in [0.717, 1.165) is 11.5 Å². The van der Waals surface area contributed by atoms with Gasteiger partial charge >= 0.3 is 0 Å². The maximum absolute atomic E-state index is 6.03. The first-order chi connectivity index (χ1) is 7.84. The number of nitrogen functional groups attached to an aromatic ring is 1. The van der Waals surface area contributed by atoms with Gasteiger partial charge in [-0.25, -0.2) is 4.68 Å². The molecule has 0 spiro atoms. The van der Waals surface area contributed by atoms with Gasteiger partial charge in [0, 0.05) is 17.0 Å². The molecule has 2 aromatic rings. The van der Waals surface area contributed by atoms with Gasteiger partial charge < -0.3 is 5.73 Å². The normalized spacial score (nSPS) is 17.0. The molecule has 16 heavy (non-hydrogen) atoms. The summed E-state index contributed by atoms with van der Waals surface area (Å²) in [6.45, 7) is 0. The van der Waals surface area contributed by atoms with Crippen LogP contribution >= 0.6 is 11.3 Å². The number of nitrogens with two attached hydrogens (primary N) is 1. The Morgan fingerprint density at radius 3 is 2.88 bits per heavy atom. The monoisotopic (exact) mass is 233 g/mol. The number of aromatic nitrogens is 2. The van der Waals surface area contributed by atoms with Crippen LogP contribution in [0.2, 0.25) is 0 Å². The van der Waals surface area contributed by atoms with Crippen LogP contribution in [0.15, 0.2) is 22.9 Å². The minimum absolute atomic E-state index is 0.521. The summed E-state index contributed by atoms with van der Waals surface area (Å²) < 4.78 is 2.01. The first kappa shape index (κ1) is 9.90. The molecule has 1 saturated carbocycles. The predicted octanol–water partition coefficient (Wildman–Crippen LogP) is 3.31. The molecule has 1 aliphatic carbocycles. The SMILES string of the molecule is Nc1cc(-c2ccsc2)nn1C1CCCC1. The lowest BCUT2D eigenvalue weighted by atomic mass is 10.2. The molecule has 3 rings (SSSR count). The summed E-state index contributed by atoms with van der Waals surface area (Å²) in [6.07, 6.45) is 5.04. The highest BCUT2D eigenvalue weighted by Gasteiger charge is 2.20. The fourth-order valence-corrected chi connectivity index (χ4v) is 3.05. The third-order valence-corrected chi connectivity index (χ3v) is 3.94. The van der Waals surface area contributed by atoms with Crippen LogP contribution in [-0.2, 0) is 0 Å². The van der Waals surface area contributed by atoms with E-state index in [1.54, 1.807) is 11.3 Å². The average molecular weight is 233 g/mol. The Balaban J connectivity index is 1.95. The van der Waals surface area contributed by atoms with Gasteiger partial charge in [0.15, 0.2) is 0 Å². The molecule has 2 N–H and O–H groups in total. The quantitative estimate of drug-likeness (QED) is 0.864. The molecule has 0 bridgehead atoms. The molecule has 0 unspecified atom stereocenters. The summed E-state index contributed by atoms with van der Waals surface area (Å²) in [5.41, 5.74) is 8.21. The molecule has 0 saturated heterocycles. The highest BCUT2D eigenvalue weighted by Crippen LogP contribution is 2.32. The number of hydrogen-bond acceptors (Lipinski definition) is 3. The summed E-state index contributed by atoms with van der Waals surface area (Å²) in [5.74, 6) is 0.799. The van der Waals surface area contributed by atoms with E-state index in [1.165, 1.54) is 31.2 Å². The summed E-state index contributed by atoms with van der Waals surface area (Å²) in [7, 11) is 0. The van der Waals surface area contributed by atoms with Crippen molar-refractivity contribution in [3.8, 4) is 11.3 Å². The predicted molar refractivity (Wildman–Crippen MR) is 67.5 cm³/mol.